The zero-order chi connectivity index (χ0) is 12.8. The Hall–Kier alpha value is -1.26. The van der Waals surface area contributed by atoms with Crippen molar-refractivity contribution in [2.75, 3.05) is 51.3 Å². The van der Waals surface area contributed by atoms with Crippen LogP contribution in [0.3, 0.4) is 0 Å². The predicted molar refractivity (Wildman–Crippen MR) is 73.3 cm³/mol. The fourth-order valence-electron chi connectivity index (χ4n) is 2.33. The van der Waals surface area contributed by atoms with E-state index in [4.69, 9.17) is 4.74 Å². The van der Waals surface area contributed by atoms with Crippen LogP contribution < -0.4 is 4.90 Å². The third kappa shape index (κ3) is 3.62. The van der Waals surface area contributed by atoms with Crippen LogP contribution in [0, 0.1) is 0 Å². The molecule has 0 spiro atoms. The van der Waals surface area contributed by atoms with E-state index in [0.717, 1.165) is 45.8 Å². The first-order valence-corrected chi connectivity index (χ1v) is 6.55. The molecule has 100 valence electrons. The second kappa shape index (κ2) is 6.61. The molecule has 0 radical (unpaired) electrons. The van der Waals surface area contributed by atoms with Crippen molar-refractivity contribution < 1.29 is 9.84 Å². The summed E-state index contributed by atoms with van der Waals surface area (Å²) >= 11 is 0. The summed E-state index contributed by atoms with van der Waals surface area (Å²) in [5.41, 5.74) is 1.20. The Morgan fingerprint density at radius 1 is 1.11 bits per heavy atom. The Bertz CT molecular complexity index is 345. The van der Waals surface area contributed by atoms with Crippen molar-refractivity contribution in [2.24, 2.45) is 0 Å². The zero-order valence-corrected chi connectivity index (χ0v) is 11.0. The number of hydrogen-bond acceptors (Lipinski definition) is 4. The number of aromatic hydroxyl groups is 1. The van der Waals surface area contributed by atoms with Gasteiger partial charge in [0.25, 0.3) is 0 Å². The summed E-state index contributed by atoms with van der Waals surface area (Å²) in [6.45, 7) is 6.28. The topological polar surface area (TPSA) is 35.9 Å². The van der Waals surface area contributed by atoms with Crippen LogP contribution in [0.1, 0.15) is 6.42 Å². The van der Waals surface area contributed by atoms with Gasteiger partial charge in [0.2, 0.25) is 0 Å². The highest BCUT2D eigenvalue weighted by atomic mass is 16.5. The number of rotatable bonds is 5. The fraction of sp³-hybridized carbons (Fsp3) is 0.571. The van der Waals surface area contributed by atoms with E-state index >= 15 is 0 Å². The van der Waals surface area contributed by atoms with E-state index < -0.39 is 0 Å². The number of phenols is 1. The van der Waals surface area contributed by atoms with Gasteiger partial charge >= 0.3 is 0 Å². The number of phenolic OH excluding ortho intramolecular Hbond substituents is 1. The number of ether oxygens (including phenoxy) is 1. The summed E-state index contributed by atoms with van der Waals surface area (Å²) in [5.74, 6) is 0.331. The van der Waals surface area contributed by atoms with Crippen molar-refractivity contribution >= 4 is 5.69 Å². The van der Waals surface area contributed by atoms with E-state index in [2.05, 4.69) is 9.80 Å². The van der Waals surface area contributed by atoms with Crippen molar-refractivity contribution in [2.45, 2.75) is 6.42 Å². The lowest BCUT2D eigenvalue weighted by Crippen LogP contribution is -2.46. The van der Waals surface area contributed by atoms with Crippen LogP contribution in [0.15, 0.2) is 24.3 Å². The number of piperazine rings is 1. The van der Waals surface area contributed by atoms with Gasteiger partial charge in [0.1, 0.15) is 5.75 Å². The van der Waals surface area contributed by atoms with Crippen LogP contribution in [0.4, 0.5) is 5.69 Å². The van der Waals surface area contributed by atoms with E-state index in [-0.39, 0.29) is 0 Å². The molecule has 2 rings (SSSR count). The molecule has 0 aliphatic carbocycles. The van der Waals surface area contributed by atoms with Gasteiger partial charge in [-0.05, 0) is 30.7 Å². The van der Waals surface area contributed by atoms with Crippen LogP contribution in [0.2, 0.25) is 0 Å². The highest BCUT2D eigenvalue weighted by Gasteiger charge is 2.16. The van der Waals surface area contributed by atoms with Gasteiger partial charge in [-0.15, -0.1) is 0 Å². The molecule has 0 amide bonds. The van der Waals surface area contributed by atoms with Gasteiger partial charge in [0.15, 0.2) is 0 Å². The minimum absolute atomic E-state index is 0.331. The molecule has 0 unspecified atom stereocenters. The molecule has 18 heavy (non-hydrogen) atoms. The lowest BCUT2D eigenvalue weighted by molar-refractivity contribution is 0.169. The second-order valence-corrected chi connectivity index (χ2v) is 4.69. The molecule has 0 atom stereocenters. The third-order valence-corrected chi connectivity index (χ3v) is 3.41. The normalized spacial score (nSPS) is 17.1. The monoisotopic (exact) mass is 250 g/mol. The quantitative estimate of drug-likeness (QED) is 0.804. The van der Waals surface area contributed by atoms with Crippen LogP contribution in [-0.4, -0.2) is 56.4 Å². The molecule has 1 aromatic carbocycles. The zero-order valence-electron chi connectivity index (χ0n) is 11.0. The number of benzene rings is 1. The molecule has 1 aromatic rings. The van der Waals surface area contributed by atoms with Crippen molar-refractivity contribution in [1.82, 2.24) is 4.90 Å². The molecular weight excluding hydrogens is 228 g/mol. The highest BCUT2D eigenvalue weighted by molar-refractivity contribution is 5.49. The van der Waals surface area contributed by atoms with Gasteiger partial charge in [-0.1, -0.05) is 0 Å². The van der Waals surface area contributed by atoms with E-state index in [1.54, 1.807) is 19.2 Å². The molecule has 0 aromatic heterocycles. The van der Waals surface area contributed by atoms with Crippen LogP contribution in [-0.2, 0) is 4.74 Å². The van der Waals surface area contributed by atoms with Gasteiger partial charge in [0.05, 0.1) is 0 Å². The number of methoxy groups -OCH3 is 1. The van der Waals surface area contributed by atoms with E-state index in [9.17, 15) is 5.11 Å². The second-order valence-electron chi connectivity index (χ2n) is 4.69. The largest absolute Gasteiger partial charge is 0.508 e. The molecule has 1 fully saturated rings. The fourth-order valence-corrected chi connectivity index (χ4v) is 2.33. The van der Waals surface area contributed by atoms with Crippen molar-refractivity contribution in [3.05, 3.63) is 24.3 Å². The Labute approximate surface area is 109 Å². The summed E-state index contributed by atoms with van der Waals surface area (Å²) < 4.78 is 5.07. The van der Waals surface area contributed by atoms with Gasteiger partial charge in [-0.25, -0.2) is 0 Å². The molecule has 1 heterocycles. The maximum atomic E-state index is 9.28. The van der Waals surface area contributed by atoms with Gasteiger partial charge in [-0.2, -0.15) is 0 Å². The Morgan fingerprint density at radius 3 is 2.39 bits per heavy atom. The Morgan fingerprint density at radius 2 is 1.78 bits per heavy atom. The van der Waals surface area contributed by atoms with Crippen molar-refractivity contribution in [3.63, 3.8) is 0 Å². The smallest absolute Gasteiger partial charge is 0.115 e. The summed E-state index contributed by atoms with van der Waals surface area (Å²) in [5, 5.41) is 9.28. The van der Waals surface area contributed by atoms with Crippen LogP contribution in [0.5, 0.6) is 5.75 Å². The molecule has 1 aliphatic rings. The number of nitrogens with zero attached hydrogens (tertiary/aromatic N) is 2. The molecule has 4 heteroatoms. The third-order valence-electron chi connectivity index (χ3n) is 3.41. The van der Waals surface area contributed by atoms with Gasteiger partial charge in [0, 0.05) is 52.1 Å². The molecule has 1 aliphatic heterocycles. The lowest BCUT2D eigenvalue weighted by atomic mass is 10.2. The average molecular weight is 250 g/mol. The van der Waals surface area contributed by atoms with Gasteiger partial charge in [-0.3, -0.25) is 4.90 Å². The Kier molecular flexibility index (Phi) is 4.84. The van der Waals surface area contributed by atoms with E-state index in [0.29, 0.717) is 5.75 Å². The summed E-state index contributed by atoms with van der Waals surface area (Å²) in [6, 6.07) is 7.46. The van der Waals surface area contributed by atoms with Crippen molar-refractivity contribution in [1.29, 1.82) is 0 Å². The van der Waals surface area contributed by atoms with E-state index in [1.807, 2.05) is 12.1 Å². The molecule has 1 saturated heterocycles. The minimum Gasteiger partial charge on any atom is -0.508 e. The molecule has 0 bridgehead atoms. The first-order valence-electron chi connectivity index (χ1n) is 6.55. The average Bonchev–Trinajstić information content (AvgIpc) is 2.41. The minimum atomic E-state index is 0.331. The molecular formula is C14H22N2O2. The maximum Gasteiger partial charge on any atom is 0.115 e. The van der Waals surface area contributed by atoms with Crippen molar-refractivity contribution in [3.8, 4) is 5.75 Å². The highest BCUT2D eigenvalue weighted by Crippen LogP contribution is 2.19. The molecule has 4 nitrogen and oxygen atoms in total. The first kappa shape index (κ1) is 13.2. The summed E-state index contributed by atoms with van der Waals surface area (Å²) in [4.78, 5) is 4.85. The lowest BCUT2D eigenvalue weighted by Gasteiger charge is -2.36. The summed E-state index contributed by atoms with van der Waals surface area (Å²) in [6.07, 6.45) is 1.11. The molecule has 1 N–H and O–H groups in total. The van der Waals surface area contributed by atoms with Crippen LogP contribution >= 0.6 is 0 Å². The summed E-state index contributed by atoms with van der Waals surface area (Å²) in [7, 11) is 1.75. The number of anilines is 1. The SMILES string of the molecule is COCCCN1CCN(c2ccc(O)cc2)CC1. The van der Waals surface area contributed by atoms with Crippen LogP contribution in [0.25, 0.3) is 0 Å². The Balaban J connectivity index is 1.77. The molecule has 0 saturated carbocycles. The number of hydrogen-bond donors (Lipinski definition) is 1. The van der Waals surface area contributed by atoms with E-state index in [1.165, 1.54) is 5.69 Å². The predicted octanol–water partition coefficient (Wildman–Crippen LogP) is 1.55. The maximum absolute atomic E-state index is 9.28. The standard InChI is InChI=1S/C14H22N2O2/c1-18-12-2-7-15-8-10-16(11-9-15)13-3-5-14(17)6-4-13/h3-6,17H,2,7-12H2,1H3. The first-order chi connectivity index (χ1) is 8.79. The van der Waals surface area contributed by atoms with Gasteiger partial charge < -0.3 is 14.7 Å².